The molecule has 0 aliphatic carbocycles. The number of hydrogen-bond acceptors (Lipinski definition) is 6. The van der Waals surface area contributed by atoms with Crippen LogP contribution in [0.15, 0.2) is 42.5 Å². The predicted molar refractivity (Wildman–Crippen MR) is 116 cm³/mol. The Labute approximate surface area is 187 Å². The number of fused-ring (bicyclic) bond motifs is 1. The van der Waals surface area contributed by atoms with Crippen molar-refractivity contribution >= 4 is 5.91 Å². The highest BCUT2D eigenvalue weighted by atomic mass is 19.1. The minimum Gasteiger partial charge on any atom is -0.479 e. The summed E-state index contributed by atoms with van der Waals surface area (Å²) in [5.74, 6) is 1.12. The number of ether oxygens (including phenoxy) is 4. The van der Waals surface area contributed by atoms with Crippen LogP contribution in [0.1, 0.15) is 25.3 Å². The first kappa shape index (κ1) is 22.4. The van der Waals surface area contributed by atoms with E-state index in [9.17, 15) is 9.18 Å². The van der Waals surface area contributed by atoms with Crippen molar-refractivity contribution in [1.82, 2.24) is 10.2 Å². The normalized spacial score (nSPS) is 18.0. The molecule has 172 valence electrons. The Bertz CT molecular complexity index is 919. The summed E-state index contributed by atoms with van der Waals surface area (Å²) in [5.41, 5.74) is 1.03. The lowest BCUT2D eigenvalue weighted by Gasteiger charge is -2.29. The molecule has 1 saturated heterocycles. The Hall–Kier alpha value is -2.84. The first-order valence-electron chi connectivity index (χ1n) is 11.0. The number of rotatable bonds is 10. The molecule has 2 aliphatic heterocycles. The van der Waals surface area contributed by atoms with E-state index < -0.39 is 11.9 Å². The summed E-state index contributed by atoms with van der Waals surface area (Å²) in [6, 6.07) is 11.7. The number of carbonyl (C=O) groups is 1. The molecule has 4 rings (SSSR count). The maximum Gasteiger partial charge on any atom is 0.262 e. The molecule has 32 heavy (non-hydrogen) atoms. The van der Waals surface area contributed by atoms with E-state index in [0.717, 1.165) is 36.5 Å². The van der Waals surface area contributed by atoms with Crippen LogP contribution in [0.5, 0.6) is 17.2 Å². The van der Waals surface area contributed by atoms with E-state index in [4.69, 9.17) is 18.9 Å². The molecule has 0 radical (unpaired) electrons. The van der Waals surface area contributed by atoms with E-state index in [2.05, 4.69) is 10.2 Å². The third-order valence-electron chi connectivity index (χ3n) is 5.47. The number of amides is 1. The molecule has 2 atom stereocenters. The number of hydrogen-bond donors (Lipinski definition) is 1. The van der Waals surface area contributed by atoms with Gasteiger partial charge >= 0.3 is 0 Å². The van der Waals surface area contributed by atoms with Crippen molar-refractivity contribution in [3.63, 3.8) is 0 Å². The Morgan fingerprint density at radius 2 is 2.12 bits per heavy atom. The van der Waals surface area contributed by atoms with Gasteiger partial charge in [0.2, 0.25) is 6.79 Å². The van der Waals surface area contributed by atoms with Crippen LogP contribution < -0.4 is 19.5 Å². The molecule has 2 aromatic carbocycles. The molecule has 2 unspecified atom stereocenters. The van der Waals surface area contributed by atoms with Crippen molar-refractivity contribution in [2.75, 3.05) is 33.0 Å². The van der Waals surface area contributed by atoms with Crippen LogP contribution in [0.3, 0.4) is 0 Å². The van der Waals surface area contributed by atoms with Crippen LogP contribution in [0.25, 0.3) is 0 Å². The third-order valence-corrected chi connectivity index (χ3v) is 5.47. The summed E-state index contributed by atoms with van der Waals surface area (Å²) >= 11 is 0. The SMILES string of the molecule is CCNC(=O)C(CN(Cc1ccc2c(c1)OCO2)CC1CCCO1)Oc1cccc(F)c1. The maximum atomic E-state index is 13.7. The first-order chi connectivity index (χ1) is 15.6. The molecule has 1 amide bonds. The largest absolute Gasteiger partial charge is 0.479 e. The molecule has 8 heteroatoms. The smallest absolute Gasteiger partial charge is 0.262 e. The van der Waals surface area contributed by atoms with E-state index >= 15 is 0 Å². The van der Waals surface area contributed by atoms with Crippen LogP contribution in [-0.4, -0.2) is 56.0 Å². The van der Waals surface area contributed by atoms with Gasteiger partial charge in [-0.15, -0.1) is 0 Å². The van der Waals surface area contributed by atoms with Gasteiger partial charge in [0.05, 0.1) is 6.10 Å². The minimum atomic E-state index is -0.799. The standard InChI is InChI=1S/C24H29FN2O5/c1-2-26-24(28)23(32-19-6-3-5-18(25)12-19)15-27(14-20-7-4-10-29-20)13-17-8-9-21-22(11-17)31-16-30-21/h3,5-6,8-9,11-12,20,23H,2,4,7,10,13-16H2,1H3,(H,26,28). The molecule has 0 aromatic heterocycles. The Morgan fingerprint density at radius 3 is 2.91 bits per heavy atom. The van der Waals surface area contributed by atoms with Gasteiger partial charge in [-0.1, -0.05) is 12.1 Å². The van der Waals surface area contributed by atoms with Crippen molar-refractivity contribution in [3.05, 3.63) is 53.8 Å². The fourth-order valence-electron chi connectivity index (χ4n) is 3.98. The summed E-state index contributed by atoms with van der Waals surface area (Å²) in [7, 11) is 0. The predicted octanol–water partition coefficient (Wildman–Crippen LogP) is 3.12. The van der Waals surface area contributed by atoms with Gasteiger partial charge in [0, 0.05) is 38.9 Å². The fraction of sp³-hybridized carbons (Fsp3) is 0.458. The zero-order chi connectivity index (χ0) is 22.3. The van der Waals surface area contributed by atoms with Gasteiger partial charge in [-0.05, 0) is 49.6 Å². The van der Waals surface area contributed by atoms with Crippen LogP contribution in [0.2, 0.25) is 0 Å². The number of likely N-dealkylation sites (N-methyl/N-ethyl adjacent to an activating group) is 1. The molecule has 7 nitrogen and oxygen atoms in total. The van der Waals surface area contributed by atoms with Crippen molar-refractivity contribution in [2.45, 2.75) is 38.5 Å². The van der Waals surface area contributed by atoms with Crippen molar-refractivity contribution in [2.24, 2.45) is 0 Å². The lowest BCUT2D eigenvalue weighted by molar-refractivity contribution is -0.129. The lowest BCUT2D eigenvalue weighted by Crippen LogP contribution is -2.47. The molecular formula is C24H29FN2O5. The second kappa shape index (κ2) is 10.7. The molecule has 0 bridgehead atoms. The quantitative estimate of drug-likeness (QED) is 0.607. The van der Waals surface area contributed by atoms with Crippen LogP contribution in [-0.2, 0) is 16.1 Å². The summed E-state index contributed by atoms with van der Waals surface area (Å²) in [4.78, 5) is 14.9. The summed E-state index contributed by atoms with van der Waals surface area (Å²) in [6.45, 7) is 4.89. The zero-order valence-corrected chi connectivity index (χ0v) is 18.2. The van der Waals surface area contributed by atoms with E-state index in [-0.39, 0.29) is 18.8 Å². The van der Waals surface area contributed by atoms with Crippen LogP contribution >= 0.6 is 0 Å². The number of halogens is 1. The fourth-order valence-corrected chi connectivity index (χ4v) is 3.98. The average molecular weight is 445 g/mol. The van der Waals surface area contributed by atoms with E-state index in [1.807, 2.05) is 25.1 Å². The topological polar surface area (TPSA) is 69.3 Å². The highest BCUT2D eigenvalue weighted by Crippen LogP contribution is 2.33. The first-order valence-corrected chi connectivity index (χ1v) is 11.0. The number of carbonyl (C=O) groups excluding carboxylic acids is 1. The van der Waals surface area contributed by atoms with Gasteiger partial charge in [-0.25, -0.2) is 4.39 Å². The lowest BCUT2D eigenvalue weighted by atomic mass is 10.1. The molecule has 0 spiro atoms. The van der Waals surface area contributed by atoms with E-state index in [0.29, 0.717) is 31.9 Å². The third kappa shape index (κ3) is 5.89. The monoisotopic (exact) mass is 444 g/mol. The van der Waals surface area contributed by atoms with Crippen molar-refractivity contribution in [3.8, 4) is 17.2 Å². The van der Waals surface area contributed by atoms with Crippen LogP contribution in [0, 0.1) is 5.82 Å². The van der Waals surface area contributed by atoms with Gasteiger partial charge in [0.1, 0.15) is 11.6 Å². The highest BCUT2D eigenvalue weighted by molar-refractivity contribution is 5.81. The molecule has 2 aromatic rings. The van der Waals surface area contributed by atoms with Gasteiger partial charge < -0.3 is 24.3 Å². The number of benzene rings is 2. The molecule has 0 saturated carbocycles. The Morgan fingerprint density at radius 1 is 1.25 bits per heavy atom. The summed E-state index contributed by atoms with van der Waals surface area (Å²) in [5, 5.41) is 2.83. The molecule has 2 heterocycles. The van der Waals surface area contributed by atoms with Crippen molar-refractivity contribution < 1.29 is 28.1 Å². The molecule has 1 N–H and O–H groups in total. The van der Waals surface area contributed by atoms with Crippen LogP contribution in [0.4, 0.5) is 4.39 Å². The number of nitrogens with zero attached hydrogens (tertiary/aromatic N) is 1. The maximum absolute atomic E-state index is 13.7. The van der Waals surface area contributed by atoms with Crippen molar-refractivity contribution in [1.29, 1.82) is 0 Å². The Balaban J connectivity index is 1.52. The zero-order valence-electron chi connectivity index (χ0n) is 18.2. The van der Waals surface area contributed by atoms with Gasteiger partial charge in [-0.3, -0.25) is 9.69 Å². The average Bonchev–Trinajstić information content (AvgIpc) is 3.45. The molecular weight excluding hydrogens is 415 g/mol. The summed E-state index contributed by atoms with van der Waals surface area (Å²) < 4.78 is 36.4. The summed E-state index contributed by atoms with van der Waals surface area (Å²) in [6.07, 6.45) is 1.32. The highest BCUT2D eigenvalue weighted by Gasteiger charge is 2.27. The molecule has 1 fully saturated rings. The van der Waals surface area contributed by atoms with Gasteiger partial charge in [0.15, 0.2) is 17.6 Å². The second-order valence-corrected chi connectivity index (χ2v) is 7.98. The van der Waals surface area contributed by atoms with Gasteiger partial charge in [-0.2, -0.15) is 0 Å². The minimum absolute atomic E-state index is 0.105. The number of nitrogens with one attached hydrogen (secondary N) is 1. The van der Waals surface area contributed by atoms with E-state index in [1.54, 1.807) is 12.1 Å². The molecule has 2 aliphatic rings. The van der Waals surface area contributed by atoms with E-state index in [1.165, 1.54) is 12.1 Å². The second-order valence-electron chi connectivity index (χ2n) is 7.98. The Kier molecular flexibility index (Phi) is 7.44. The van der Waals surface area contributed by atoms with Gasteiger partial charge in [0.25, 0.3) is 5.91 Å².